The fourth-order valence-corrected chi connectivity index (χ4v) is 4.17. The lowest BCUT2D eigenvalue weighted by Gasteiger charge is -2.31. The average molecular weight is 436 g/mol. The zero-order chi connectivity index (χ0) is 22.1. The Morgan fingerprint density at radius 3 is 2.91 bits per heavy atom. The molecule has 1 fully saturated rings. The summed E-state index contributed by atoms with van der Waals surface area (Å²) in [5, 5.41) is 4.66. The number of ether oxygens (including phenoxy) is 3. The third-order valence-corrected chi connectivity index (χ3v) is 5.86. The van der Waals surface area contributed by atoms with E-state index >= 15 is 0 Å². The van der Waals surface area contributed by atoms with Crippen molar-refractivity contribution in [2.45, 2.75) is 25.0 Å². The van der Waals surface area contributed by atoms with E-state index in [0.717, 1.165) is 16.9 Å². The van der Waals surface area contributed by atoms with Gasteiger partial charge in [0.15, 0.2) is 11.5 Å². The molecule has 32 heavy (non-hydrogen) atoms. The highest BCUT2D eigenvalue weighted by atomic mass is 16.7. The molecule has 0 aromatic heterocycles. The van der Waals surface area contributed by atoms with Gasteiger partial charge in [0.2, 0.25) is 12.7 Å². The Bertz CT molecular complexity index is 1070. The monoisotopic (exact) mass is 436 g/mol. The van der Waals surface area contributed by atoms with Crippen molar-refractivity contribution in [1.82, 2.24) is 20.7 Å². The number of para-hydroxylation sites is 1. The minimum Gasteiger partial charge on any atom is -0.496 e. The number of fused-ring (bicyclic) bond motifs is 2. The summed E-state index contributed by atoms with van der Waals surface area (Å²) in [6.07, 6.45) is 4.02. The van der Waals surface area contributed by atoms with Gasteiger partial charge in [-0.3, -0.25) is 9.59 Å². The van der Waals surface area contributed by atoms with Gasteiger partial charge in [0.05, 0.1) is 13.2 Å². The summed E-state index contributed by atoms with van der Waals surface area (Å²) < 4.78 is 16.1. The van der Waals surface area contributed by atoms with Gasteiger partial charge in [0, 0.05) is 24.5 Å². The molecule has 2 atom stereocenters. The van der Waals surface area contributed by atoms with Crippen molar-refractivity contribution in [2.75, 3.05) is 20.4 Å². The predicted molar refractivity (Wildman–Crippen MR) is 114 cm³/mol. The van der Waals surface area contributed by atoms with Crippen LogP contribution < -0.4 is 25.0 Å². The summed E-state index contributed by atoms with van der Waals surface area (Å²) in [4.78, 5) is 27.0. The molecule has 0 radical (unpaired) electrons. The molecule has 1 saturated heterocycles. The molecule has 0 saturated carbocycles. The van der Waals surface area contributed by atoms with E-state index in [1.54, 1.807) is 24.5 Å². The summed E-state index contributed by atoms with van der Waals surface area (Å²) >= 11 is 0. The molecule has 2 aromatic rings. The van der Waals surface area contributed by atoms with Gasteiger partial charge in [-0.15, -0.1) is 0 Å². The van der Waals surface area contributed by atoms with Gasteiger partial charge in [-0.2, -0.15) is 0 Å². The Labute approximate surface area is 185 Å². The number of hydrogen-bond acceptors (Lipinski definition) is 7. The molecule has 2 unspecified atom stereocenters. The maximum atomic E-state index is 13.0. The summed E-state index contributed by atoms with van der Waals surface area (Å²) in [5.41, 5.74) is 5.25. The lowest BCUT2D eigenvalue weighted by molar-refractivity contribution is -0.138. The van der Waals surface area contributed by atoms with Gasteiger partial charge >= 0.3 is 0 Å². The third-order valence-electron chi connectivity index (χ3n) is 5.86. The first-order chi connectivity index (χ1) is 15.6. The number of nitrogens with zero attached hydrogens (tertiary/aromatic N) is 2. The smallest absolute Gasteiger partial charge is 0.251 e. The van der Waals surface area contributed by atoms with E-state index in [1.165, 1.54) is 4.90 Å². The number of nitrogens with one attached hydrogen (secondary N) is 2. The van der Waals surface area contributed by atoms with E-state index in [-0.39, 0.29) is 37.2 Å². The molecule has 2 amide bonds. The van der Waals surface area contributed by atoms with Crippen LogP contribution in [0.25, 0.3) is 0 Å². The molecule has 9 heteroatoms. The van der Waals surface area contributed by atoms with Crippen LogP contribution >= 0.6 is 0 Å². The lowest BCUT2D eigenvalue weighted by Crippen LogP contribution is -2.50. The van der Waals surface area contributed by atoms with Crippen LogP contribution in [0, 0.1) is 0 Å². The number of methoxy groups -OCH3 is 1. The van der Waals surface area contributed by atoms with Crippen LogP contribution in [-0.4, -0.2) is 48.2 Å². The first-order valence-electron chi connectivity index (χ1n) is 10.4. The summed E-state index contributed by atoms with van der Waals surface area (Å²) in [6, 6.07) is 12.9. The van der Waals surface area contributed by atoms with Crippen molar-refractivity contribution in [2.24, 2.45) is 0 Å². The molecule has 166 valence electrons. The molecule has 9 nitrogen and oxygen atoms in total. The van der Waals surface area contributed by atoms with Crippen molar-refractivity contribution >= 4 is 11.8 Å². The first kappa shape index (κ1) is 20.2. The summed E-state index contributed by atoms with van der Waals surface area (Å²) in [7, 11) is 1.59. The molecular formula is C23H24N4O5. The minimum atomic E-state index is -0.377. The molecule has 3 heterocycles. The molecule has 5 rings (SSSR count). The molecular weight excluding hydrogens is 412 g/mol. The van der Waals surface area contributed by atoms with Crippen LogP contribution in [0.15, 0.2) is 54.9 Å². The molecule has 0 bridgehead atoms. The molecule has 0 spiro atoms. The van der Waals surface area contributed by atoms with Gasteiger partial charge < -0.3 is 29.4 Å². The number of carbonyl (C=O) groups is 2. The average Bonchev–Trinajstić information content (AvgIpc) is 3.46. The highest BCUT2D eigenvalue weighted by molar-refractivity contribution is 5.89. The number of carbonyl (C=O) groups excluding carboxylic acids is 2. The second-order valence-electron chi connectivity index (χ2n) is 7.81. The van der Waals surface area contributed by atoms with E-state index < -0.39 is 0 Å². The van der Waals surface area contributed by atoms with Crippen LogP contribution in [0.3, 0.4) is 0 Å². The Kier molecular flexibility index (Phi) is 5.32. The Morgan fingerprint density at radius 1 is 1.19 bits per heavy atom. The first-order valence-corrected chi connectivity index (χ1v) is 10.4. The molecule has 2 aromatic carbocycles. The number of rotatable bonds is 6. The zero-order valence-electron chi connectivity index (χ0n) is 17.6. The van der Waals surface area contributed by atoms with Crippen LogP contribution in [0.2, 0.25) is 0 Å². The number of benzene rings is 2. The predicted octanol–water partition coefficient (Wildman–Crippen LogP) is 1.67. The van der Waals surface area contributed by atoms with Crippen molar-refractivity contribution < 1.29 is 23.8 Å². The number of amides is 2. The molecule has 3 aliphatic rings. The highest BCUT2D eigenvalue weighted by Crippen LogP contribution is 2.37. The fraction of sp³-hybridized carbons (Fsp3) is 0.304. The minimum absolute atomic E-state index is 0.0382. The van der Waals surface area contributed by atoms with Gasteiger partial charge in [-0.25, -0.2) is 5.43 Å². The van der Waals surface area contributed by atoms with Gasteiger partial charge in [0.25, 0.3) is 5.91 Å². The second kappa shape index (κ2) is 8.43. The van der Waals surface area contributed by atoms with E-state index in [1.807, 2.05) is 42.5 Å². The Balaban J connectivity index is 1.19. The van der Waals surface area contributed by atoms with E-state index in [9.17, 15) is 9.59 Å². The normalized spacial score (nSPS) is 21.0. The maximum absolute atomic E-state index is 13.0. The molecule has 3 aliphatic heterocycles. The Morgan fingerprint density at radius 2 is 2.03 bits per heavy atom. The van der Waals surface area contributed by atoms with Gasteiger partial charge in [0.1, 0.15) is 18.3 Å². The van der Waals surface area contributed by atoms with Crippen LogP contribution in [-0.2, 0) is 16.1 Å². The van der Waals surface area contributed by atoms with E-state index in [2.05, 4.69) is 10.7 Å². The quantitative estimate of drug-likeness (QED) is 0.712. The SMILES string of the molecule is COc1ccccc1CNC(=O)CN1C=CN2NC(c3ccc4c(c3)OCO4)CC2C1=O. The van der Waals surface area contributed by atoms with Crippen LogP contribution in [0.1, 0.15) is 23.6 Å². The Hall–Kier alpha value is -3.72. The van der Waals surface area contributed by atoms with Crippen LogP contribution in [0.4, 0.5) is 0 Å². The van der Waals surface area contributed by atoms with Crippen molar-refractivity contribution in [3.8, 4) is 17.2 Å². The third kappa shape index (κ3) is 3.82. The molecule has 0 aliphatic carbocycles. The van der Waals surface area contributed by atoms with Crippen molar-refractivity contribution in [3.05, 3.63) is 66.0 Å². The summed E-state index contributed by atoms with van der Waals surface area (Å²) in [5.74, 6) is 1.80. The van der Waals surface area contributed by atoms with Gasteiger partial charge in [-0.1, -0.05) is 24.3 Å². The van der Waals surface area contributed by atoms with Crippen molar-refractivity contribution in [1.29, 1.82) is 0 Å². The van der Waals surface area contributed by atoms with Crippen molar-refractivity contribution in [3.63, 3.8) is 0 Å². The van der Waals surface area contributed by atoms with Crippen LogP contribution in [0.5, 0.6) is 17.2 Å². The topological polar surface area (TPSA) is 92.4 Å². The van der Waals surface area contributed by atoms with E-state index in [0.29, 0.717) is 24.5 Å². The highest BCUT2D eigenvalue weighted by Gasteiger charge is 2.40. The zero-order valence-corrected chi connectivity index (χ0v) is 17.6. The lowest BCUT2D eigenvalue weighted by atomic mass is 10.0. The number of hydrogen-bond donors (Lipinski definition) is 2. The van der Waals surface area contributed by atoms with Gasteiger partial charge in [-0.05, 0) is 30.2 Å². The fourth-order valence-electron chi connectivity index (χ4n) is 4.17. The maximum Gasteiger partial charge on any atom is 0.251 e. The standard InChI is InChI=1S/C23H24N4O5/c1-30-19-5-3-2-4-16(19)12-24-22(28)13-26-8-9-27-18(23(26)29)11-17(25-27)15-6-7-20-21(10-15)32-14-31-20/h2-10,17-18,25H,11-14H2,1H3,(H,24,28). The van der Waals surface area contributed by atoms with E-state index in [4.69, 9.17) is 14.2 Å². The summed E-state index contributed by atoms with van der Waals surface area (Å²) in [6.45, 7) is 0.516. The number of hydrazine groups is 1. The largest absolute Gasteiger partial charge is 0.496 e. The second-order valence-corrected chi connectivity index (χ2v) is 7.81. The molecule has 2 N–H and O–H groups in total.